The van der Waals surface area contributed by atoms with Gasteiger partial charge in [0.05, 0.1) is 11.3 Å². The van der Waals surface area contributed by atoms with Gasteiger partial charge in [-0.25, -0.2) is 9.82 Å². The van der Waals surface area contributed by atoms with Crippen LogP contribution in [-0.4, -0.2) is 60.0 Å². The molecular weight excluding hydrogens is 399 g/mol. The maximum Gasteiger partial charge on any atom is 0.289 e. The molecule has 1 aromatic carbocycles. The van der Waals surface area contributed by atoms with Crippen molar-refractivity contribution in [3.8, 4) is 0 Å². The smallest absolute Gasteiger partial charge is 0.289 e. The van der Waals surface area contributed by atoms with Gasteiger partial charge < -0.3 is 14.2 Å². The van der Waals surface area contributed by atoms with Crippen molar-refractivity contribution in [1.29, 1.82) is 0 Å². The Balaban J connectivity index is 1.54. The second-order valence-corrected chi connectivity index (χ2v) is 7.91. The average molecular weight is 426 g/mol. The SMILES string of the molecule is CCN1CCN(C(=O)c2oc3c(c2C)/C(=N/NC(=O)c2ccccc2F)CCC3)CC1. The molecule has 1 fully saturated rings. The van der Waals surface area contributed by atoms with E-state index < -0.39 is 11.7 Å². The summed E-state index contributed by atoms with van der Waals surface area (Å²) in [4.78, 5) is 29.6. The number of likely N-dealkylation sites (N-methyl/N-ethyl adjacent to an activating group) is 1. The summed E-state index contributed by atoms with van der Waals surface area (Å²) < 4.78 is 19.8. The van der Waals surface area contributed by atoms with Gasteiger partial charge in [-0.05, 0) is 38.4 Å². The van der Waals surface area contributed by atoms with E-state index in [1.165, 1.54) is 18.2 Å². The van der Waals surface area contributed by atoms with E-state index in [1.54, 1.807) is 6.07 Å². The van der Waals surface area contributed by atoms with E-state index in [0.717, 1.165) is 42.9 Å². The minimum atomic E-state index is -0.607. The highest BCUT2D eigenvalue weighted by Gasteiger charge is 2.31. The van der Waals surface area contributed by atoms with Gasteiger partial charge in [0.25, 0.3) is 11.8 Å². The van der Waals surface area contributed by atoms with Crippen molar-refractivity contribution in [3.63, 3.8) is 0 Å². The number of hydrogen-bond donors (Lipinski definition) is 1. The Morgan fingerprint density at radius 1 is 1.16 bits per heavy atom. The lowest BCUT2D eigenvalue weighted by molar-refractivity contribution is 0.0609. The number of aryl methyl sites for hydroxylation is 1. The van der Waals surface area contributed by atoms with Crippen LogP contribution in [0.25, 0.3) is 0 Å². The number of amides is 2. The number of nitrogens with one attached hydrogen (secondary N) is 1. The average Bonchev–Trinajstić information content (AvgIpc) is 3.14. The zero-order valence-corrected chi connectivity index (χ0v) is 17.9. The molecular formula is C23H27FN4O3. The molecule has 7 nitrogen and oxygen atoms in total. The van der Waals surface area contributed by atoms with Crippen LogP contribution in [0.5, 0.6) is 0 Å². The highest BCUT2D eigenvalue weighted by molar-refractivity contribution is 6.07. The molecule has 31 heavy (non-hydrogen) atoms. The van der Waals surface area contributed by atoms with Crippen molar-refractivity contribution in [3.05, 3.63) is 58.3 Å². The molecule has 0 spiro atoms. The number of carbonyl (C=O) groups excluding carboxylic acids is 2. The Kier molecular flexibility index (Phi) is 6.18. The van der Waals surface area contributed by atoms with Gasteiger partial charge in [0.1, 0.15) is 11.6 Å². The summed E-state index contributed by atoms with van der Waals surface area (Å²) in [6, 6.07) is 5.78. The van der Waals surface area contributed by atoms with Crippen molar-refractivity contribution < 1.29 is 18.4 Å². The summed E-state index contributed by atoms with van der Waals surface area (Å²) >= 11 is 0. The van der Waals surface area contributed by atoms with E-state index >= 15 is 0 Å². The minimum absolute atomic E-state index is 0.0612. The number of hydrazone groups is 1. The molecule has 4 rings (SSSR count). The van der Waals surface area contributed by atoms with E-state index in [1.807, 2.05) is 11.8 Å². The molecule has 1 aliphatic carbocycles. The first kappa shape index (κ1) is 21.2. The van der Waals surface area contributed by atoms with Gasteiger partial charge in [-0.2, -0.15) is 5.10 Å². The number of rotatable bonds is 4. The number of nitrogens with zero attached hydrogens (tertiary/aromatic N) is 3. The fraction of sp³-hybridized carbons (Fsp3) is 0.435. The molecule has 0 radical (unpaired) electrons. The maximum atomic E-state index is 13.9. The van der Waals surface area contributed by atoms with Crippen LogP contribution in [0.1, 0.15) is 57.6 Å². The van der Waals surface area contributed by atoms with Crippen LogP contribution < -0.4 is 5.43 Å². The van der Waals surface area contributed by atoms with Crippen molar-refractivity contribution in [2.45, 2.75) is 33.1 Å². The Hall–Kier alpha value is -3.00. The molecule has 0 bridgehead atoms. The number of furan rings is 1. The van der Waals surface area contributed by atoms with Gasteiger partial charge in [0, 0.05) is 43.7 Å². The van der Waals surface area contributed by atoms with Crippen LogP contribution in [-0.2, 0) is 6.42 Å². The van der Waals surface area contributed by atoms with E-state index in [-0.39, 0.29) is 11.5 Å². The number of benzene rings is 1. The van der Waals surface area contributed by atoms with E-state index in [9.17, 15) is 14.0 Å². The fourth-order valence-corrected chi connectivity index (χ4v) is 4.22. The van der Waals surface area contributed by atoms with Crippen LogP contribution in [0.15, 0.2) is 33.8 Å². The van der Waals surface area contributed by atoms with Gasteiger partial charge in [0.2, 0.25) is 0 Å². The molecule has 0 atom stereocenters. The summed E-state index contributed by atoms with van der Waals surface area (Å²) in [6.07, 6.45) is 2.16. The molecule has 2 amide bonds. The second kappa shape index (κ2) is 9.01. The number of carbonyl (C=O) groups is 2. The van der Waals surface area contributed by atoms with E-state index in [2.05, 4.69) is 22.4 Å². The zero-order valence-electron chi connectivity index (χ0n) is 17.9. The Labute approximate surface area is 180 Å². The zero-order chi connectivity index (χ0) is 22.0. The molecule has 164 valence electrons. The van der Waals surface area contributed by atoms with E-state index in [4.69, 9.17) is 4.42 Å². The summed E-state index contributed by atoms with van der Waals surface area (Å²) in [5.74, 6) is -0.232. The van der Waals surface area contributed by atoms with Gasteiger partial charge in [-0.1, -0.05) is 19.1 Å². The van der Waals surface area contributed by atoms with Crippen LogP contribution in [0.2, 0.25) is 0 Å². The first-order valence-corrected chi connectivity index (χ1v) is 10.7. The normalized spacial score (nSPS) is 18.2. The molecule has 2 aromatic rings. The molecule has 1 N–H and O–H groups in total. The van der Waals surface area contributed by atoms with Gasteiger partial charge >= 0.3 is 0 Å². The van der Waals surface area contributed by atoms with Crippen LogP contribution in [0.3, 0.4) is 0 Å². The minimum Gasteiger partial charge on any atom is -0.455 e. The third kappa shape index (κ3) is 4.25. The first-order chi connectivity index (χ1) is 15.0. The molecule has 0 saturated carbocycles. The first-order valence-electron chi connectivity index (χ1n) is 10.7. The van der Waals surface area contributed by atoms with Crippen molar-refractivity contribution in [2.24, 2.45) is 5.10 Å². The molecule has 1 aliphatic heterocycles. The molecule has 1 saturated heterocycles. The van der Waals surface area contributed by atoms with Crippen molar-refractivity contribution in [2.75, 3.05) is 32.7 Å². The third-order valence-corrected chi connectivity index (χ3v) is 6.04. The van der Waals surface area contributed by atoms with Gasteiger partial charge in [0.15, 0.2) is 5.76 Å². The van der Waals surface area contributed by atoms with Crippen molar-refractivity contribution >= 4 is 17.5 Å². The number of hydrogen-bond acceptors (Lipinski definition) is 5. The standard InChI is InChI=1S/C23H27FN4O3/c1-3-27-11-13-28(14-12-27)23(30)21-15(2)20-18(9-6-10-19(20)31-21)25-26-22(29)16-7-4-5-8-17(16)24/h4-5,7-8H,3,6,9-14H2,1-2H3,(H,26,29)/b25-18+. The Morgan fingerprint density at radius 2 is 1.90 bits per heavy atom. The Bertz CT molecular complexity index is 1020. The highest BCUT2D eigenvalue weighted by Crippen LogP contribution is 2.30. The topological polar surface area (TPSA) is 78.2 Å². The van der Waals surface area contributed by atoms with E-state index in [0.29, 0.717) is 37.4 Å². The number of halogens is 1. The lowest BCUT2D eigenvalue weighted by Crippen LogP contribution is -2.48. The monoisotopic (exact) mass is 426 g/mol. The lowest BCUT2D eigenvalue weighted by Gasteiger charge is -2.33. The van der Waals surface area contributed by atoms with Gasteiger partial charge in [-0.15, -0.1) is 0 Å². The quantitative estimate of drug-likeness (QED) is 0.763. The fourth-order valence-electron chi connectivity index (χ4n) is 4.22. The van der Waals surface area contributed by atoms with Crippen molar-refractivity contribution in [1.82, 2.24) is 15.2 Å². The largest absolute Gasteiger partial charge is 0.455 e. The lowest BCUT2D eigenvalue weighted by atomic mass is 9.93. The second-order valence-electron chi connectivity index (χ2n) is 7.91. The molecule has 0 unspecified atom stereocenters. The predicted molar refractivity (Wildman–Crippen MR) is 115 cm³/mol. The third-order valence-electron chi connectivity index (χ3n) is 6.04. The maximum absolute atomic E-state index is 13.9. The van der Waals surface area contributed by atoms with Gasteiger partial charge in [-0.3, -0.25) is 9.59 Å². The molecule has 2 aliphatic rings. The molecule has 2 heterocycles. The summed E-state index contributed by atoms with van der Waals surface area (Å²) in [5, 5.41) is 4.27. The summed E-state index contributed by atoms with van der Waals surface area (Å²) in [5.41, 5.74) is 4.59. The Morgan fingerprint density at radius 3 is 2.61 bits per heavy atom. The summed E-state index contributed by atoms with van der Waals surface area (Å²) in [6.45, 7) is 8.03. The van der Waals surface area contributed by atoms with Crippen LogP contribution >= 0.6 is 0 Å². The molecule has 8 heteroatoms. The number of piperazine rings is 1. The highest BCUT2D eigenvalue weighted by atomic mass is 19.1. The predicted octanol–water partition coefficient (Wildman–Crippen LogP) is 2.98. The van der Waals surface area contributed by atoms with Crippen LogP contribution in [0, 0.1) is 12.7 Å². The van der Waals surface area contributed by atoms with Crippen LogP contribution in [0.4, 0.5) is 4.39 Å². The number of fused-ring (bicyclic) bond motifs is 1. The molecule has 1 aromatic heterocycles. The summed E-state index contributed by atoms with van der Waals surface area (Å²) in [7, 11) is 0.